The number of ether oxygens (including phenoxy) is 1. The Labute approximate surface area is 295 Å². The Hall–Kier alpha value is -3.08. The quantitative estimate of drug-likeness (QED) is 0.257. The summed E-state index contributed by atoms with van der Waals surface area (Å²) >= 11 is 0. The van der Waals surface area contributed by atoms with Crippen LogP contribution < -0.4 is 67.4 Å². The van der Waals surface area contributed by atoms with Gasteiger partial charge in [0.25, 0.3) is 5.56 Å². The molecule has 43 heavy (non-hydrogen) atoms. The molecule has 0 bridgehead atoms. The van der Waals surface area contributed by atoms with E-state index >= 15 is 0 Å². The molecule has 8 nitrogen and oxygen atoms in total. The fourth-order valence-electron chi connectivity index (χ4n) is 5.07. The molecule has 2 heterocycles. The van der Waals surface area contributed by atoms with Gasteiger partial charge in [0.05, 0.1) is 17.8 Å². The van der Waals surface area contributed by atoms with E-state index in [9.17, 15) is 9.59 Å². The van der Waals surface area contributed by atoms with Crippen molar-refractivity contribution in [1.82, 2.24) is 19.7 Å². The van der Waals surface area contributed by atoms with Crippen molar-refractivity contribution in [1.29, 1.82) is 0 Å². The van der Waals surface area contributed by atoms with Crippen molar-refractivity contribution in [2.24, 2.45) is 0 Å². The van der Waals surface area contributed by atoms with Gasteiger partial charge in [-0.05, 0) is 68.0 Å². The van der Waals surface area contributed by atoms with E-state index < -0.39 is 5.76 Å². The van der Waals surface area contributed by atoms with Crippen LogP contribution in [0.2, 0.25) is 0 Å². The normalized spacial score (nSPS) is 11.3. The van der Waals surface area contributed by atoms with Crippen molar-refractivity contribution < 1.29 is 62.1 Å². The van der Waals surface area contributed by atoms with Crippen LogP contribution in [0.1, 0.15) is 59.5 Å². The molecule has 0 aliphatic carbocycles. The number of aromatic amines is 1. The van der Waals surface area contributed by atoms with E-state index in [2.05, 4.69) is 17.1 Å². The molecule has 1 N–H and O–H groups in total. The molecule has 5 rings (SSSR count). The molecule has 0 fully saturated rings. The van der Waals surface area contributed by atoms with E-state index in [0.29, 0.717) is 30.8 Å². The Morgan fingerprint density at radius 2 is 1.56 bits per heavy atom. The molecule has 3 aromatic carbocycles. The molecule has 2 aromatic heterocycles. The number of benzene rings is 3. The maximum Gasteiger partial charge on any atom is 1.00 e. The number of aromatic nitrogens is 4. The Bertz CT molecular complexity index is 1800. The first-order valence-corrected chi connectivity index (χ1v) is 14.3. The number of hydrogen-bond donors (Lipinski definition) is 1. The minimum absolute atomic E-state index is 0. The number of H-pyrrole nitrogens is 1. The fraction of sp³-hybridized carbons (Fsp3) is 0.294. The third-order valence-corrected chi connectivity index (χ3v) is 6.93. The average molecular weight is 605 g/mol. The van der Waals surface area contributed by atoms with Crippen LogP contribution in [0.25, 0.3) is 33.6 Å². The largest absolute Gasteiger partial charge is 1.00 e. The Morgan fingerprint density at radius 3 is 2.14 bits per heavy atom. The Morgan fingerprint density at radius 1 is 0.907 bits per heavy atom. The minimum atomic E-state index is -0.597. The number of nitrogens with zero attached hydrogens (tertiary/aromatic N) is 3. The molecule has 9 heteroatoms. The van der Waals surface area contributed by atoms with E-state index in [1.54, 1.807) is 4.57 Å². The van der Waals surface area contributed by atoms with Gasteiger partial charge in [-0.3, -0.25) is 18.9 Å². The summed E-state index contributed by atoms with van der Waals surface area (Å²) in [7, 11) is 0. The summed E-state index contributed by atoms with van der Waals surface area (Å²) in [6.07, 6.45) is 2.25. The van der Waals surface area contributed by atoms with Gasteiger partial charge >= 0.3 is 57.1 Å². The number of nitrogens with one attached hydrogen (secondary N) is 1. The predicted molar refractivity (Wildman–Crippen MR) is 166 cm³/mol. The molecule has 0 atom stereocenters. The number of hydrogen-bond acceptors (Lipinski definition) is 6. The van der Waals surface area contributed by atoms with Crippen LogP contribution in [0.15, 0.2) is 86.9 Å². The second-order valence-electron chi connectivity index (χ2n) is 11.3. The van der Waals surface area contributed by atoms with Crippen molar-refractivity contribution in [3.63, 3.8) is 0 Å². The third kappa shape index (κ3) is 7.71. The molecule has 0 unspecified atom stereocenters. The monoisotopic (exact) mass is 604 g/mol. The smallest absolute Gasteiger partial charge is 1.00 e. The van der Waals surface area contributed by atoms with Gasteiger partial charge < -0.3 is 6.16 Å². The van der Waals surface area contributed by atoms with Crippen molar-refractivity contribution in [3.05, 3.63) is 111 Å². The van der Waals surface area contributed by atoms with Crippen molar-refractivity contribution in [2.75, 3.05) is 0 Å². The van der Waals surface area contributed by atoms with Gasteiger partial charge in [-0.15, -0.1) is 0 Å². The summed E-state index contributed by atoms with van der Waals surface area (Å²) < 4.78 is 12.5. The van der Waals surface area contributed by atoms with Crippen LogP contribution in [0.5, 0.6) is 5.75 Å². The molecule has 0 aliphatic rings. The molecule has 0 saturated carbocycles. The maximum atomic E-state index is 14.1. The van der Waals surface area contributed by atoms with Gasteiger partial charge in [0.15, 0.2) is 5.82 Å². The molecule has 218 valence electrons. The molecule has 5 aromatic rings. The summed E-state index contributed by atoms with van der Waals surface area (Å²) in [5.74, 6) is 1.33. The average Bonchev–Trinajstić information content (AvgIpc) is 3.41. The molecule has 0 radical (unpaired) electrons. The van der Waals surface area contributed by atoms with E-state index in [1.807, 2.05) is 100 Å². The molecule has 0 aliphatic heterocycles. The summed E-state index contributed by atoms with van der Waals surface area (Å²) in [5.41, 5.74) is 5.54. The second kappa shape index (κ2) is 14.1. The molecular formula is C34H37KN4O4. The van der Waals surface area contributed by atoms with E-state index in [-0.39, 0.29) is 64.0 Å². The molecular weight excluding hydrogens is 567 g/mol. The number of aryl methyl sites for hydroxylation is 2. The first-order chi connectivity index (χ1) is 20.2. The molecule has 0 amide bonds. The van der Waals surface area contributed by atoms with E-state index in [4.69, 9.17) is 14.2 Å². The Kier molecular flexibility index (Phi) is 10.8. The summed E-state index contributed by atoms with van der Waals surface area (Å²) in [6, 6.07) is 23.5. The van der Waals surface area contributed by atoms with Crippen LogP contribution in [0.3, 0.4) is 0 Å². The van der Waals surface area contributed by atoms with Crippen LogP contribution in [0, 0.1) is 0 Å². The summed E-state index contributed by atoms with van der Waals surface area (Å²) in [6.45, 7) is 10.6. The SMILES string of the molecule is CCCc1nc(CC)c(-c2ccc(OC(C)(C)C)cc2)c(=O)n1Cc1ccc(-c2ccccc2-c2noc(=O)[nH]2)cc1.[H-].[K+]. The number of rotatable bonds is 9. The zero-order chi connectivity index (χ0) is 29.9. The van der Waals surface area contributed by atoms with Gasteiger partial charge in [-0.2, -0.15) is 0 Å². The third-order valence-electron chi connectivity index (χ3n) is 6.93. The molecule has 0 spiro atoms. The van der Waals surface area contributed by atoms with Gasteiger partial charge in [0, 0.05) is 12.0 Å². The Balaban J connectivity index is 0.00000264. The van der Waals surface area contributed by atoms with Crippen molar-refractivity contribution in [3.8, 4) is 39.4 Å². The zero-order valence-corrected chi connectivity index (χ0v) is 28.9. The summed E-state index contributed by atoms with van der Waals surface area (Å²) in [5, 5.41) is 3.85. The van der Waals surface area contributed by atoms with E-state index in [1.165, 1.54) is 0 Å². The minimum Gasteiger partial charge on any atom is -1.00 e. The van der Waals surface area contributed by atoms with Crippen molar-refractivity contribution >= 4 is 0 Å². The maximum absolute atomic E-state index is 14.1. The van der Waals surface area contributed by atoms with Crippen LogP contribution >= 0.6 is 0 Å². The van der Waals surface area contributed by atoms with Gasteiger partial charge in [-0.1, -0.05) is 79.7 Å². The van der Waals surface area contributed by atoms with Gasteiger partial charge in [0.1, 0.15) is 17.2 Å². The van der Waals surface area contributed by atoms with Crippen LogP contribution in [-0.4, -0.2) is 25.3 Å². The predicted octanol–water partition coefficient (Wildman–Crippen LogP) is 3.78. The standard InChI is InChI=1S/C34H36N4O4.K.H/c1-6-10-29-35-28(7-2)30(24-17-19-25(20-18-24)41-34(3,4)5)32(39)38(29)21-22-13-15-23(16-14-22)26-11-8-9-12-27(26)31-36-33(40)42-37-31;;/h8-9,11-20H,6-7,10,21H2,1-5H3,(H,36,37,40);;/q;+1;-1. The van der Waals surface area contributed by atoms with Crippen LogP contribution in [0.4, 0.5) is 0 Å². The first-order valence-electron chi connectivity index (χ1n) is 14.3. The topological polar surface area (TPSA) is 103 Å². The first kappa shape index (κ1) is 32.8. The fourth-order valence-corrected chi connectivity index (χ4v) is 5.07. The van der Waals surface area contributed by atoms with Crippen molar-refractivity contribution in [2.45, 2.75) is 66.0 Å². The van der Waals surface area contributed by atoms with Gasteiger partial charge in [-0.25, -0.2) is 9.78 Å². The molecule has 0 saturated heterocycles. The van der Waals surface area contributed by atoms with Crippen LogP contribution in [-0.2, 0) is 19.4 Å². The van der Waals surface area contributed by atoms with Gasteiger partial charge in [0.2, 0.25) is 0 Å². The summed E-state index contributed by atoms with van der Waals surface area (Å²) in [4.78, 5) is 33.3. The zero-order valence-electron chi connectivity index (χ0n) is 26.7. The second-order valence-corrected chi connectivity index (χ2v) is 11.3. The van der Waals surface area contributed by atoms with E-state index in [0.717, 1.165) is 51.5 Å².